The molecule has 20 heavy (non-hydrogen) atoms. The first-order valence-corrected chi connectivity index (χ1v) is 9.03. The van der Waals surface area contributed by atoms with E-state index in [0.29, 0.717) is 42.0 Å². The van der Waals surface area contributed by atoms with Gasteiger partial charge in [0, 0.05) is 21.1 Å². The van der Waals surface area contributed by atoms with Gasteiger partial charge in [0.05, 0.1) is 8.95 Å². The second-order valence-electron chi connectivity index (χ2n) is 3.83. The highest BCUT2D eigenvalue weighted by Crippen LogP contribution is 2.56. The molecule has 0 aromatic heterocycles. The maximum atomic E-state index is 6.26. The highest BCUT2D eigenvalue weighted by atomic mass is 79.9. The summed E-state index contributed by atoms with van der Waals surface area (Å²) in [5.74, 6) is 1.88. The number of fused-ring (bicyclic) bond motifs is 2. The number of ether oxygens (including phenoxy) is 2. The molecule has 0 amide bonds. The molecule has 2 aromatic carbocycles. The van der Waals surface area contributed by atoms with Crippen molar-refractivity contribution in [1.29, 1.82) is 0 Å². The van der Waals surface area contributed by atoms with Crippen LogP contribution in [-0.4, -0.2) is 0 Å². The highest BCUT2D eigenvalue weighted by molar-refractivity contribution is 9.13. The second-order valence-corrected chi connectivity index (χ2v) is 7.88. The Hall–Kier alpha value is 0.540. The van der Waals surface area contributed by atoms with Gasteiger partial charge < -0.3 is 9.47 Å². The fraction of sp³-hybridized carbons (Fsp3) is 0. The molecule has 0 saturated heterocycles. The average molecular weight is 569 g/mol. The van der Waals surface area contributed by atoms with E-state index in [-0.39, 0.29) is 0 Å². The van der Waals surface area contributed by atoms with E-state index >= 15 is 0 Å². The molecule has 0 radical (unpaired) electrons. The largest absolute Gasteiger partial charge is 0.449 e. The van der Waals surface area contributed by atoms with Crippen LogP contribution in [0.1, 0.15) is 0 Å². The lowest BCUT2D eigenvalue weighted by Crippen LogP contribution is -2.01. The van der Waals surface area contributed by atoms with Crippen LogP contribution in [0.25, 0.3) is 0 Å². The molecule has 2 nitrogen and oxygen atoms in total. The van der Waals surface area contributed by atoms with E-state index in [2.05, 4.69) is 63.7 Å². The Morgan fingerprint density at radius 3 is 1.50 bits per heavy atom. The summed E-state index contributed by atoms with van der Waals surface area (Å²) < 4.78 is 14.6. The summed E-state index contributed by atoms with van der Waals surface area (Å²) in [4.78, 5) is 0. The average Bonchev–Trinajstić information content (AvgIpc) is 2.41. The monoisotopic (exact) mass is 564 g/mol. The van der Waals surface area contributed by atoms with Crippen molar-refractivity contribution >= 4 is 86.9 Å². The molecule has 0 atom stereocenters. The van der Waals surface area contributed by atoms with Crippen molar-refractivity contribution in [1.82, 2.24) is 0 Å². The first-order valence-electron chi connectivity index (χ1n) is 5.11. The predicted octanol–water partition coefficient (Wildman–Crippen LogP) is 7.94. The second kappa shape index (κ2) is 5.63. The standard InChI is InChI=1S/C12H2Br4Cl2O2/c13-3-1-5-11(9(17)7(3)15)20-12-6(19-5)2-4(14)8(16)10(12)18/h1-2H. The molecule has 0 N–H and O–H groups in total. The van der Waals surface area contributed by atoms with Gasteiger partial charge in [0.1, 0.15) is 10.0 Å². The maximum Gasteiger partial charge on any atom is 0.190 e. The fourth-order valence-corrected chi connectivity index (χ4v) is 3.77. The molecular formula is C12H2Br4Cl2O2. The molecule has 0 spiro atoms. The Labute approximate surface area is 158 Å². The van der Waals surface area contributed by atoms with Crippen molar-refractivity contribution in [3.63, 3.8) is 0 Å². The molecule has 1 heterocycles. The minimum absolute atomic E-state index is 0.412. The van der Waals surface area contributed by atoms with Crippen molar-refractivity contribution in [2.75, 3.05) is 0 Å². The predicted molar refractivity (Wildman–Crippen MR) is 93.9 cm³/mol. The summed E-state index contributed by atoms with van der Waals surface area (Å²) in [5, 5.41) is 0.824. The molecule has 0 aliphatic carbocycles. The molecule has 104 valence electrons. The van der Waals surface area contributed by atoms with Gasteiger partial charge >= 0.3 is 0 Å². The van der Waals surface area contributed by atoms with Crippen LogP contribution in [0.2, 0.25) is 10.0 Å². The summed E-state index contributed by atoms with van der Waals surface area (Å²) in [5.41, 5.74) is 0. The molecule has 0 unspecified atom stereocenters. The summed E-state index contributed by atoms with van der Waals surface area (Å²) in [6.07, 6.45) is 0. The van der Waals surface area contributed by atoms with Gasteiger partial charge in [0.25, 0.3) is 0 Å². The van der Waals surface area contributed by atoms with Gasteiger partial charge in [-0.1, -0.05) is 23.2 Å². The molecule has 3 rings (SSSR count). The van der Waals surface area contributed by atoms with Gasteiger partial charge in [0.2, 0.25) is 0 Å². The first-order chi connectivity index (χ1) is 9.40. The zero-order valence-corrected chi connectivity index (χ0v) is 17.1. The number of hydrogen-bond acceptors (Lipinski definition) is 2. The van der Waals surface area contributed by atoms with Crippen molar-refractivity contribution in [3.8, 4) is 23.0 Å². The van der Waals surface area contributed by atoms with Crippen LogP contribution >= 0.6 is 86.9 Å². The van der Waals surface area contributed by atoms with Crippen LogP contribution in [-0.2, 0) is 0 Å². The minimum Gasteiger partial charge on any atom is -0.449 e. The lowest BCUT2D eigenvalue weighted by molar-refractivity contribution is 0.359. The minimum atomic E-state index is 0.412. The lowest BCUT2D eigenvalue weighted by atomic mass is 10.2. The highest BCUT2D eigenvalue weighted by Gasteiger charge is 2.28. The number of rotatable bonds is 0. The zero-order chi connectivity index (χ0) is 14.6. The molecule has 0 saturated carbocycles. The van der Waals surface area contributed by atoms with Crippen molar-refractivity contribution in [2.24, 2.45) is 0 Å². The van der Waals surface area contributed by atoms with Crippen molar-refractivity contribution in [3.05, 3.63) is 40.1 Å². The molecule has 0 bridgehead atoms. The van der Waals surface area contributed by atoms with Gasteiger partial charge in [-0.3, -0.25) is 0 Å². The van der Waals surface area contributed by atoms with Gasteiger partial charge in [0.15, 0.2) is 23.0 Å². The van der Waals surface area contributed by atoms with Crippen LogP contribution in [0.4, 0.5) is 0 Å². The van der Waals surface area contributed by atoms with E-state index < -0.39 is 0 Å². The molecule has 2 aromatic rings. The Kier molecular flexibility index (Phi) is 4.35. The van der Waals surface area contributed by atoms with Crippen molar-refractivity contribution < 1.29 is 9.47 Å². The third kappa shape index (κ3) is 2.42. The topological polar surface area (TPSA) is 18.5 Å². The smallest absolute Gasteiger partial charge is 0.190 e. The normalized spacial score (nSPS) is 12.3. The van der Waals surface area contributed by atoms with E-state index in [9.17, 15) is 0 Å². The van der Waals surface area contributed by atoms with Crippen LogP contribution in [0.5, 0.6) is 23.0 Å². The van der Waals surface area contributed by atoms with E-state index in [1.165, 1.54) is 0 Å². The summed E-state index contributed by atoms with van der Waals surface area (Å²) in [7, 11) is 0. The summed E-state index contributed by atoms with van der Waals surface area (Å²) in [6.45, 7) is 0. The SMILES string of the molecule is Clc1c(Br)c(Br)cc2c1Oc1c(cc(Br)c(Br)c1Cl)O2. The zero-order valence-electron chi connectivity index (χ0n) is 9.24. The van der Waals surface area contributed by atoms with Crippen LogP contribution in [0.3, 0.4) is 0 Å². The quantitative estimate of drug-likeness (QED) is 0.256. The van der Waals surface area contributed by atoms with Gasteiger partial charge in [-0.05, 0) is 63.7 Å². The van der Waals surface area contributed by atoms with Crippen LogP contribution < -0.4 is 9.47 Å². The Balaban J connectivity index is 2.22. The van der Waals surface area contributed by atoms with Crippen molar-refractivity contribution in [2.45, 2.75) is 0 Å². The Morgan fingerprint density at radius 1 is 0.700 bits per heavy atom. The maximum absolute atomic E-state index is 6.26. The summed E-state index contributed by atoms with van der Waals surface area (Å²) >= 11 is 26.1. The molecule has 1 aliphatic rings. The Bertz CT molecular complexity index is 688. The lowest BCUT2D eigenvalue weighted by Gasteiger charge is -2.24. The van der Waals surface area contributed by atoms with Crippen LogP contribution in [0.15, 0.2) is 30.0 Å². The number of hydrogen-bond donors (Lipinski definition) is 0. The third-order valence-corrected chi connectivity index (χ3v) is 7.73. The molecular weight excluding hydrogens is 567 g/mol. The van der Waals surface area contributed by atoms with Gasteiger partial charge in [-0.25, -0.2) is 0 Å². The fourth-order valence-electron chi connectivity index (χ4n) is 1.68. The van der Waals surface area contributed by atoms with Gasteiger partial charge in [-0.15, -0.1) is 0 Å². The van der Waals surface area contributed by atoms with Gasteiger partial charge in [-0.2, -0.15) is 0 Å². The first kappa shape index (κ1) is 15.4. The third-order valence-electron chi connectivity index (χ3n) is 2.59. The van der Waals surface area contributed by atoms with E-state index in [4.69, 9.17) is 32.7 Å². The summed E-state index contributed by atoms with van der Waals surface area (Å²) in [6, 6.07) is 3.55. The van der Waals surface area contributed by atoms with E-state index in [1.54, 1.807) is 12.1 Å². The van der Waals surface area contributed by atoms with E-state index in [1.807, 2.05) is 0 Å². The van der Waals surface area contributed by atoms with Crippen LogP contribution in [0, 0.1) is 0 Å². The number of benzene rings is 2. The molecule has 8 heteroatoms. The molecule has 0 fully saturated rings. The number of halogens is 6. The Morgan fingerprint density at radius 2 is 1.10 bits per heavy atom. The molecule has 1 aliphatic heterocycles. The van der Waals surface area contributed by atoms with E-state index in [0.717, 1.165) is 8.95 Å².